The Labute approximate surface area is 116 Å². The Kier molecular flexibility index (Phi) is 3.36. The number of likely N-dealkylation sites (N-methyl/N-ethyl adjacent to an activating group) is 1. The van der Waals surface area contributed by atoms with Gasteiger partial charge in [-0.3, -0.25) is 9.36 Å². The van der Waals surface area contributed by atoms with Crippen LogP contribution in [0, 0.1) is 6.92 Å². The minimum Gasteiger partial charge on any atom is -0.302 e. The fourth-order valence-corrected chi connectivity index (χ4v) is 3.50. The van der Waals surface area contributed by atoms with Crippen molar-refractivity contribution in [3.8, 4) is 0 Å². The summed E-state index contributed by atoms with van der Waals surface area (Å²) in [6, 6.07) is 0.444. The number of rotatable bonds is 2. The lowest BCUT2D eigenvalue weighted by Crippen LogP contribution is -2.41. The van der Waals surface area contributed by atoms with Crippen molar-refractivity contribution in [3.63, 3.8) is 0 Å². The van der Waals surface area contributed by atoms with Gasteiger partial charge in [-0.1, -0.05) is 6.42 Å². The maximum absolute atomic E-state index is 12.4. The van der Waals surface area contributed by atoms with Crippen molar-refractivity contribution in [1.82, 2.24) is 18.8 Å². The van der Waals surface area contributed by atoms with Gasteiger partial charge in [-0.25, -0.2) is 4.98 Å². The Morgan fingerprint density at radius 1 is 1.47 bits per heavy atom. The van der Waals surface area contributed by atoms with Crippen LogP contribution in [0.4, 0.5) is 0 Å². The second-order valence-corrected chi connectivity index (χ2v) is 6.05. The molecule has 1 saturated heterocycles. The molecule has 6 heteroatoms. The van der Waals surface area contributed by atoms with Crippen LogP contribution >= 0.6 is 11.5 Å². The predicted octanol–water partition coefficient (Wildman–Crippen LogP) is 1.65. The van der Waals surface area contributed by atoms with Gasteiger partial charge in [0.05, 0.1) is 12.0 Å². The highest BCUT2D eigenvalue weighted by Crippen LogP contribution is 2.18. The first-order valence-corrected chi connectivity index (χ1v) is 7.46. The van der Waals surface area contributed by atoms with E-state index in [1.807, 2.05) is 6.92 Å². The van der Waals surface area contributed by atoms with Crippen molar-refractivity contribution in [1.29, 1.82) is 0 Å². The summed E-state index contributed by atoms with van der Waals surface area (Å²) in [5.74, 6) is 0. The largest absolute Gasteiger partial charge is 0.302 e. The van der Waals surface area contributed by atoms with Gasteiger partial charge in [0.1, 0.15) is 10.2 Å². The molecule has 0 spiro atoms. The molecule has 3 heterocycles. The Balaban J connectivity index is 1.92. The van der Waals surface area contributed by atoms with Gasteiger partial charge in [-0.2, -0.15) is 4.37 Å². The molecule has 3 rings (SSSR count). The van der Waals surface area contributed by atoms with Crippen LogP contribution in [0.5, 0.6) is 0 Å². The van der Waals surface area contributed by atoms with Crippen LogP contribution in [0.25, 0.3) is 10.2 Å². The minimum absolute atomic E-state index is 0.0505. The molecule has 0 aromatic carbocycles. The van der Waals surface area contributed by atoms with Crippen molar-refractivity contribution >= 4 is 21.7 Å². The minimum atomic E-state index is 0.0505. The number of fused-ring (bicyclic) bond motifs is 1. The van der Waals surface area contributed by atoms with Gasteiger partial charge in [-0.05, 0) is 44.9 Å². The molecule has 0 aliphatic carbocycles. The van der Waals surface area contributed by atoms with E-state index < -0.39 is 0 Å². The van der Waals surface area contributed by atoms with E-state index >= 15 is 0 Å². The Morgan fingerprint density at radius 2 is 2.32 bits per heavy atom. The van der Waals surface area contributed by atoms with Crippen LogP contribution in [0.15, 0.2) is 11.1 Å². The van der Waals surface area contributed by atoms with Crippen LogP contribution in [-0.2, 0) is 6.54 Å². The van der Waals surface area contributed by atoms with Crippen molar-refractivity contribution < 1.29 is 0 Å². The quantitative estimate of drug-likeness (QED) is 0.838. The van der Waals surface area contributed by atoms with E-state index in [1.165, 1.54) is 24.4 Å². The first-order chi connectivity index (χ1) is 9.16. The van der Waals surface area contributed by atoms with Crippen LogP contribution < -0.4 is 5.56 Å². The molecular formula is C13H18N4OS. The van der Waals surface area contributed by atoms with E-state index in [2.05, 4.69) is 21.3 Å². The molecule has 1 atom stereocenters. The van der Waals surface area contributed by atoms with E-state index in [1.54, 1.807) is 10.9 Å². The average Bonchev–Trinajstić information content (AvgIpc) is 2.78. The van der Waals surface area contributed by atoms with Crippen molar-refractivity contribution in [2.75, 3.05) is 13.6 Å². The number of nitrogens with zero attached hydrogens (tertiary/aromatic N) is 4. The van der Waals surface area contributed by atoms with E-state index in [0.29, 0.717) is 10.7 Å². The first kappa shape index (κ1) is 12.7. The Bertz CT molecular complexity index is 648. The Morgan fingerprint density at radius 3 is 3.11 bits per heavy atom. The average molecular weight is 278 g/mol. The predicted molar refractivity (Wildman–Crippen MR) is 76.7 cm³/mol. The molecule has 1 aliphatic heterocycles. The highest BCUT2D eigenvalue weighted by Gasteiger charge is 2.20. The standard InChI is InChI=1S/C13H18N4OS/c1-9-11-12(19-15-9)13(18)17(8-14-11)7-10-5-3-4-6-16(10)2/h8,10H,3-7H2,1-2H3. The normalized spacial score (nSPS) is 21.1. The Hall–Kier alpha value is -1.27. The zero-order valence-electron chi connectivity index (χ0n) is 11.3. The summed E-state index contributed by atoms with van der Waals surface area (Å²) in [6.07, 6.45) is 5.34. The highest BCUT2D eigenvalue weighted by atomic mass is 32.1. The lowest BCUT2D eigenvalue weighted by molar-refractivity contribution is 0.166. The maximum Gasteiger partial charge on any atom is 0.272 e. The van der Waals surface area contributed by atoms with E-state index in [-0.39, 0.29) is 5.56 Å². The number of hydrogen-bond acceptors (Lipinski definition) is 5. The summed E-state index contributed by atoms with van der Waals surface area (Å²) in [5.41, 5.74) is 1.65. The monoisotopic (exact) mass is 278 g/mol. The highest BCUT2D eigenvalue weighted by molar-refractivity contribution is 7.13. The molecule has 0 radical (unpaired) electrons. The number of likely N-dealkylation sites (tertiary alicyclic amines) is 1. The van der Waals surface area contributed by atoms with E-state index in [9.17, 15) is 4.79 Å². The van der Waals surface area contributed by atoms with Gasteiger partial charge >= 0.3 is 0 Å². The smallest absolute Gasteiger partial charge is 0.272 e. The third-order valence-electron chi connectivity index (χ3n) is 3.94. The van der Waals surface area contributed by atoms with Crippen LogP contribution in [0.2, 0.25) is 0 Å². The summed E-state index contributed by atoms with van der Waals surface area (Å²) in [6.45, 7) is 3.74. The van der Waals surface area contributed by atoms with Gasteiger partial charge in [0, 0.05) is 12.6 Å². The molecule has 1 fully saturated rings. The zero-order chi connectivity index (χ0) is 13.4. The van der Waals surface area contributed by atoms with E-state index in [4.69, 9.17) is 0 Å². The van der Waals surface area contributed by atoms with Crippen molar-refractivity contribution in [3.05, 3.63) is 22.4 Å². The molecule has 102 valence electrons. The SMILES string of the molecule is Cc1nsc2c(=O)n(CC3CCCCN3C)cnc12. The maximum atomic E-state index is 12.4. The number of aryl methyl sites for hydroxylation is 1. The summed E-state index contributed by atoms with van der Waals surface area (Å²) in [7, 11) is 2.14. The summed E-state index contributed by atoms with van der Waals surface area (Å²) >= 11 is 1.26. The molecule has 0 saturated carbocycles. The second-order valence-electron chi connectivity index (χ2n) is 5.28. The second kappa shape index (κ2) is 5.02. The van der Waals surface area contributed by atoms with Gasteiger partial charge in [0.15, 0.2) is 0 Å². The third kappa shape index (κ3) is 2.30. The number of aromatic nitrogens is 3. The lowest BCUT2D eigenvalue weighted by Gasteiger charge is -2.32. The molecule has 1 aliphatic rings. The summed E-state index contributed by atoms with van der Waals surface area (Å²) in [4.78, 5) is 19.1. The third-order valence-corrected chi connectivity index (χ3v) is 4.86. The molecule has 0 amide bonds. The molecule has 2 aromatic heterocycles. The van der Waals surface area contributed by atoms with Gasteiger partial charge in [-0.15, -0.1) is 0 Å². The first-order valence-electron chi connectivity index (χ1n) is 6.68. The fourth-order valence-electron chi connectivity index (χ4n) is 2.70. The number of hydrogen-bond donors (Lipinski definition) is 0. The van der Waals surface area contributed by atoms with Crippen LogP contribution in [-0.4, -0.2) is 38.5 Å². The summed E-state index contributed by atoms with van der Waals surface area (Å²) < 4.78 is 6.64. The molecule has 2 aromatic rings. The van der Waals surface area contributed by atoms with Crippen molar-refractivity contribution in [2.24, 2.45) is 0 Å². The number of piperidine rings is 1. The van der Waals surface area contributed by atoms with Gasteiger partial charge in [0.2, 0.25) is 0 Å². The van der Waals surface area contributed by atoms with Crippen molar-refractivity contribution in [2.45, 2.75) is 38.8 Å². The zero-order valence-corrected chi connectivity index (χ0v) is 12.1. The summed E-state index contributed by atoms with van der Waals surface area (Å²) in [5, 5.41) is 0. The fraction of sp³-hybridized carbons (Fsp3) is 0.615. The molecule has 5 nitrogen and oxygen atoms in total. The molecule has 1 unspecified atom stereocenters. The molecular weight excluding hydrogens is 260 g/mol. The molecule has 0 bridgehead atoms. The van der Waals surface area contributed by atoms with Crippen LogP contribution in [0.3, 0.4) is 0 Å². The van der Waals surface area contributed by atoms with Gasteiger partial charge < -0.3 is 4.90 Å². The van der Waals surface area contributed by atoms with E-state index in [0.717, 1.165) is 30.7 Å². The van der Waals surface area contributed by atoms with Gasteiger partial charge in [0.25, 0.3) is 5.56 Å². The van der Waals surface area contributed by atoms with Crippen LogP contribution in [0.1, 0.15) is 25.0 Å². The molecule has 19 heavy (non-hydrogen) atoms. The lowest BCUT2D eigenvalue weighted by atomic mass is 10.0. The molecule has 0 N–H and O–H groups in total. The topological polar surface area (TPSA) is 51.0 Å².